The van der Waals surface area contributed by atoms with E-state index < -0.39 is 47.9 Å². The molecule has 6 N–H and O–H groups in total. The number of carbonyl (C=O) groups is 4. The molecule has 10 heteroatoms. The second kappa shape index (κ2) is 14.5. The summed E-state index contributed by atoms with van der Waals surface area (Å²) in [6.07, 6.45) is 3.14. The lowest BCUT2D eigenvalue weighted by atomic mass is 9.99. The predicted molar refractivity (Wildman–Crippen MR) is 130 cm³/mol. The Bertz CT molecular complexity index is 792. The highest BCUT2D eigenvalue weighted by Crippen LogP contribution is 2.09. The first-order valence-electron chi connectivity index (χ1n) is 11.0. The summed E-state index contributed by atoms with van der Waals surface area (Å²) in [5.74, 6) is -2.38. The van der Waals surface area contributed by atoms with Gasteiger partial charge in [-0.3, -0.25) is 14.4 Å². The minimum absolute atomic E-state index is 0.269. The van der Waals surface area contributed by atoms with E-state index in [4.69, 9.17) is 5.73 Å². The number of nitrogens with two attached hydrogens (primary N) is 1. The van der Waals surface area contributed by atoms with Gasteiger partial charge in [-0.15, -0.1) is 0 Å². The van der Waals surface area contributed by atoms with Crippen molar-refractivity contribution in [2.75, 3.05) is 12.0 Å². The third-order valence-corrected chi connectivity index (χ3v) is 6.05. The van der Waals surface area contributed by atoms with Gasteiger partial charge in [0.2, 0.25) is 17.7 Å². The molecule has 5 unspecified atom stereocenters. The van der Waals surface area contributed by atoms with E-state index in [0.29, 0.717) is 25.0 Å². The van der Waals surface area contributed by atoms with Crippen LogP contribution < -0.4 is 21.7 Å². The molecule has 0 aliphatic carbocycles. The van der Waals surface area contributed by atoms with Crippen molar-refractivity contribution < 1.29 is 24.3 Å². The van der Waals surface area contributed by atoms with E-state index in [-0.39, 0.29) is 5.92 Å². The topological polar surface area (TPSA) is 151 Å². The van der Waals surface area contributed by atoms with E-state index in [1.165, 1.54) is 18.7 Å². The van der Waals surface area contributed by atoms with E-state index >= 15 is 0 Å². The monoisotopic (exact) mass is 480 g/mol. The zero-order chi connectivity index (χ0) is 25.0. The number of carboxylic acid groups (broad SMARTS) is 1. The number of aliphatic carboxylic acids is 1. The smallest absolute Gasteiger partial charge is 0.326 e. The Kier molecular flexibility index (Phi) is 12.5. The lowest BCUT2D eigenvalue weighted by molar-refractivity contribution is -0.143. The van der Waals surface area contributed by atoms with Crippen LogP contribution in [0.3, 0.4) is 0 Å². The van der Waals surface area contributed by atoms with Gasteiger partial charge in [-0.05, 0) is 43.3 Å². The van der Waals surface area contributed by atoms with Crippen LogP contribution >= 0.6 is 11.8 Å². The standard InChI is InChI=1S/C23H36N4O5S/c1-5-14(2)19(23(31)32)27-20(28)15(3)25-22(30)18(11-12-33-4)26-21(29)17(24)13-16-9-7-6-8-10-16/h6-10,14-15,17-19H,5,11-13,24H2,1-4H3,(H,25,30)(H,26,29)(H,27,28)(H,31,32). The van der Waals surface area contributed by atoms with Gasteiger partial charge in [0.25, 0.3) is 0 Å². The van der Waals surface area contributed by atoms with Crippen molar-refractivity contribution in [3.8, 4) is 0 Å². The number of hydrogen-bond acceptors (Lipinski definition) is 6. The molecule has 184 valence electrons. The van der Waals surface area contributed by atoms with Crippen molar-refractivity contribution in [1.29, 1.82) is 0 Å². The molecule has 1 aromatic rings. The van der Waals surface area contributed by atoms with Crippen LogP contribution in [0.25, 0.3) is 0 Å². The molecule has 9 nitrogen and oxygen atoms in total. The maximum atomic E-state index is 12.8. The van der Waals surface area contributed by atoms with Crippen molar-refractivity contribution >= 4 is 35.5 Å². The van der Waals surface area contributed by atoms with Gasteiger partial charge in [-0.1, -0.05) is 50.6 Å². The highest BCUT2D eigenvalue weighted by atomic mass is 32.2. The predicted octanol–water partition coefficient (Wildman–Crippen LogP) is 0.915. The van der Waals surface area contributed by atoms with Gasteiger partial charge >= 0.3 is 5.97 Å². The number of thioether (sulfide) groups is 1. The number of carbonyl (C=O) groups excluding carboxylic acids is 3. The molecule has 33 heavy (non-hydrogen) atoms. The highest BCUT2D eigenvalue weighted by molar-refractivity contribution is 7.98. The lowest BCUT2D eigenvalue weighted by Crippen LogP contribution is -2.57. The molecular weight excluding hydrogens is 444 g/mol. The first-order valence-corrected chi connectivity index (χ1v) is 12.4. The average Bonchev–Trinajstić information content (AvgIpc) is 2.79. The fourth-order valence-corrected chi connectivity index (χ4v) is 3.56. The van der Waals surface area contributed by atoms with Crippen LogP contribution in [0.5, 0.6) is 0 Å². The van der Waals surface area contributed by atoms with E-state index in [1.54, 1.807) is 6.92 Å². The molecule has 3 amide bonds. The Labute approximate surface area is 199 Å². The summed E-state index contributed by atoms with van der Waals surface area (Å²) in [7, 11) is 0. The zero-order valence-electron chi connectivity index (χ0n) is 19.7. The lowest BCUT2D eigenvalue weighted by Gasteiger charge is -2.25. The summed E-state index contributed by atoms with van der Waals surface area (Å²) in [6.45, 7) is 5.03. The highest BCUT2D eigenvalue weighted by Gasteiger charge is 2.30. The summed E-state index contributed by atoms with van der Waals surface area (Å²) in [5, 5.41) is 17.1. The van der Waals surface area contributed by atoms with E-state index in [1.807, 2.05) is 43.5 Å². The van der Waals surface area contributed by atoms with E-state index in [2.05, 4.69) is 16.0 Å². The summed E-state index contributed by atoms with van der Waals surface area (Å²) in [5.41, 5.74) is 6.94. The van der Waals surface area contributed by atoms with Gasteiger partial charge in [-0.25, -0.2) is 4.79 Å². The summed E-state index contributed by atoms with van der Waals surface area (Å²) < 4.78 is 0. The summed E-state index contributed by atoms with van der Waals surface area (Å²) >= 11 is 1.52. The number of carboxylic acids is 1. The van der Waals surface area contributed by atoms with Crippen molar-refractivity contribution in [3.63, 3.8) is 0 Å². The van der Waals surface area contributed by atoms with Crippen molar-refractivity contribution in [2.45, 2.75) is 64.2 Å². The minimum Gasteiger partial charge on any atom is -0.480 e. The Morgan fingerprint density at radius 1 is 1.00 bits per heavy atom. The number of amides is 3. The fourth-order valence-electron chi connectivity index (χ4n) is 3.08. The van der Waals surface area contributed by atoms with Gasteiger partial charge in [0.1, 0.15) is 18.1 Å². The van der Waals surface area contributed by atoms with Crippen LogP contribution in [0.15, 0.2) is 30.3 Å². The third kappa shape index (κ3) is 9.83. The molecule has 0 bridgehead atoms. The molecule has 0 radical (unpaired) electrons. The molecule has 5 atom stereocenters. The van der Waals surface area contributed by atoms with Gasteiger partial charge in [0, 0.05) is 0 Å². The molecule has 0 aliphatic heterocycles. The second-order valence-electron chi connectivity index (χ2n) is 8.08. The maximum absolute atomic E-state index is 12.8. The van der Waals surface area contributed by atoms with E-state index in [0.717, 1.165) is 5.56 Å². The van der Waals surface area contributed by atoms with Crippen molar-refractivity contribution in [2.24, 2.45) is 11.7 Å². The summed E-state index contributed by atoms with van der Waals surface area (Å²) in [4.78, 5) is 49.4. The van der Waals surface area contributed by atoms with Gasteiger partial charge in [-0.2, -0.15) is 11.8 Å². The largest absolute Gasteiger partial charge is 0.480 e. The van der Waals surface area contributed by atoms with E-state index in [9.17, 15) is 24.3 Å². The number of rotatable bonds is 14. The normalized spacial score (nSPS) is 15.4. The number of benzene rings is 1. The molecule has 1 aromatic carbocycles. The molecule has 0 aliphatic rings. The van der Waals surface area contributed by atoms with Crippen LogP contribution in [0.1, 0.15) is 39.2 Å². The van der Waals surface area contributed by atoms with Crippen LogP contribution in [-0.4, -0.2) is 65.0 Å². The molecule has 0 saturated heterocycles. The minimum atomic E-state index is -1.13. The molecule has 1 rings (SSSR count). The van der Waals surface area contributed by atoms with Crippen LogP contribution in [0, 0.1) is 5.92 Å². The second-order valence-corrected chi connectivity index (χ2v) is 9.06. The summed E-state index contributed by atoms with van der Waals surface area (Å²) in [6, 6.07) is 5.60. The number of nitrogens with one attached hydrogen (secondary N) is 3. The Morgan fingerprint density at radius 2 is 1.64 bits per heavy atom. The fraction of sp³-hybridized carbons (Fsp3) is 0.565. The Morgan fingerprint density at radius 3 is 2.18 bits per heavy atom. The maximum Gasteiger partial charge on any atom is 0.326 e. The molecule has 0 fully saturated rings. The zero-order valence-corrected chi connectivity index (χ0v) is 20.5. The first-order chi connectivity index (χ1) is 15.6. The molecular formula is C23H36N4O5S. The quantitative estimate of drug-likeness (QED) is 0.266. The Hall–Kier alpha value is -2.59. The molecule has 0 spiro atoms. The molecule has 0 heterocycles. The van der Waals surface area contributed by atoms with Gasteiger partial charge in [0.05, 0.1) is 6.04 Å². The Balaban J connectivity index is 2.76. The van der Waals surface area contributed by atoms with Gasteiger partial charge < -0.3 is 26.8 Å². The van der Waals surface area contributed by atoms with Crippen LogP contribution in [0.4, 0.5) is 0 Å². The SMILES string of the molecule is CCC(C)C(NC(=O)C(C)NC(=O)C(CCSC)NC(=O)C(N)Cc1ccccc1)C(=O)O. The van der Waals surface area contributed by atoms with Gasteiger partial charge in [0.15, 0.2) is 0 Å². The average molecular weight is 481 g/mol. The molecule has 0 aromatic heterocycles. The molecule has 0 saturated carbocycles. The first kappa shape index (κ1) is 28.4. The van der Waals surface area contributed by atoms with Crippen molar-refractivity contribution in [1.82, 2.24) is 16.0 Å². The van der Waals surface area contributed by atoms with Crippen molar-refractivity contribution in [3.05, 3.63) is 35.9 Å². The van der Waals surface area contributed by atoms with Crippen LogP contribution in [0.2, 0.25) is 0 Å². The third-order valence-electron chi connectivity index (χ3n) is 5.41. The van der Waals surface area contributed by atoms with Crippen LogP contribution in [-0.2, 0) is 25.6 Å². The number of hydrogen-bond donors (Lipinski definition) is 5.